The Bertz CT molecular complexity index is 373. The van der Waals surface area contributed by atoms with Gasteiger partial charge in [-0.05, 0) is 0 Å². The summed E-state index contributed by atoms with van der Waals surface area (Å²) in [6.45, 7) is 5.00. The second-order valence-electron chi connectivity index (χ2n) is 4.77. The minimum Gasteiger partial charge on any atom is -0.370 e. The zero-order chi connectivity index (χ0) is 13.8. The van der Waals surface area contributed by atoms with Gasteiger partial charge in [0.15, 0.2) is 0 Å². The Morgan fingerprint density at radius 1 is 1.28 bits per heavy atom. The van der Waals surface area contributed by atoms with Crippen LogP contribution in [0.5, 0.6) is 0 Å². The molecule has 1 aromatic rings. The summed E-state index contributed by atoms with van der Waals surface area (Å²) in [7, 11) is 0. The SMILES string of the molecule is CC(C)(C)c1nsc(NCCOCC(F)(F)F)n1. The van der Waals surface area contributed by atoms with Crippen molar-refractivity contribution in [2.24, 2.45) is 0 Å². The van der Waals surface area contributed by atoms with Crippen molar-refractivity contribution in [3.63, 3.8) is 0 Å². The second-order valence-corrected chi connectivity index (χ2v) is 5.52. The molecule has 0 aromatic carbocycles. The molecule has 0 aliphatic rings. The van der Waals surface area contributed by atoms with Gasteiger partial charge in [0.05, 0.1) is 6.61 Å². The molecule has 4 nitrogen and oxygen atoms in total. The van der Waals surface area contributed by atoms with E-state index in [1.807, 2.05) is 20.8 Å². The molecule has 0 radical (unpaired) electrons. The third-order valence-corrected chi connectivity index (χ3v) is 2.56. The Morgan fingerprint density at radius 2 is 1.94 bits per heavy atom. The molecule has 0 aliphatic carbocycles. The van der Waals surface area contributed by atoms with E-state index in [1.165, 1.54) is 11.5 Å². The van der Waals surface area contributed by atoms with Gasteiger partial charge in [0.2, 0.25) is 5.13 Å². The summed E-state index contributed by atoms with van der Waals surface area (Å²) in [5.41, 5.74) is -0.136. The van der Waals surface area contributed by atoms with Crippen LogP contribution in [0.1, 0.15) is 26.6 Å². The number of aromatic nitrogens is 2. The molecule has 8 heteroatoms. The minimum atomic E-state index is -4.28. The third kappa shape index (κ3) is 5.63. The van der Waals surface area contributed by atoms with Crippen molar-refractivity contribution in [3.8, 4) is 0 Å². The molecule has 0 aliphatic heterocycles. The van der Waals surface area contributed by atoms with Crippen LogP contribution < -0.4 is 5.32 Å². The van der Waals surface area contributed by atoms with Crippen LogP contribution in [-0.2, 0) is 10.2 Å². The molecule has 0 bridgehead atoms. The van der Waals surface area contributed by atoms with E-state index in [4.69, 9.17) is 0 Å². The molecule has 18 heavy (non-hydrogen) atoms. The van der Waals surface area contributed by atoms with Gasteiger partial charge in [-0.1, -0.05) is 20.8 Å². The standard InChI is InChI=1S/C10H16F3N3OS/c1-9(2,3)7-15-8(18-16-7)14-4-5-17-6-10(11,12)13/h4-6H2,1-3H3,(H,14,15,16). The minimum absolute atomic E-state index is 0.0239. The van der Waals surface area contributed by atoms with Crippen LogP contribution in [0.2, 0.25) is 0 Å². The predicted octanol–water partition coefficient (Wildman–Crippen LogP) is 2.83. The van der Waals surface area contributed by atoms with Crippen LogP contribution in [0, 0.1) is 0 Å². The van der Waals surface area contributed by atoms with E-state index in [0.717, 1.165) is 0 Å². The Balaban J connectivity index is 2.26. The number of hydrogen-bond donors (Lipinski definition) is 1. The fourth-order valence-corrected chi connectivity index (χ4v) is 1.80. The monoisotopic (exact) mass is 283 g/mol. The van der Waals surface area contributed by atoms with Crippen LogP contribution >= 0.6 is 11.5 Å². The van der Waals surface area contributed by atoms with Gasteiger partial charge >= 0.3 is 6.18 Å². The fourth-order valence-electron chi connectivity index (χ4n) is 1.02. The largest absolute Gasteiger partial charge is 0.411 e. The zero-order valence-electron chi connectivity index (χ0n) is 10.5. The van der Waals surface area contributed by atoms with E-state index in [0.29, 0.717) is 11.0 Å². The highest BCUT2D eigenvalue weighted by atomic mass is 32.1. The van der Waals surface area contributed by atoms with E-state index in [2.05, 4.69) is 19.4 Å². The average Bonchev–Trinajstić information content (AvgIpc) is 2.63. The van der Waals surface area contributed by atoms with Crippen molar-refractivity contribution in [3.05, 3.63) is 5.82 Å². The molecule has 0 saturated carbocycles. The topological polar surface area (TPSA) is 47.0 Å². The molecule has 0 fully saturated rings. The predicted molar refractivity (Wildman–Crippen MR) is 64.0 cm³/mol. The summed E-state index contributed by atoms with van der Waals surface area (Å²) in [4.78, 5) is 4.25. The first-order valence-electron chi connectivity index (χ1n) is 5.41. The van der Waals surface area contributed by atoms with E-state index in [-0.39, 0.29) is 18.6 Å². The lowest BCUT2D eigenvalue weighted by Gasteiger charge is -2.12. The lowest BCUT2D eigenvalue weighted by atomic mass is 9.96. The highest BCUT2D eigenvalue weighted by Crippen LogP contribution is 2.22. The summed E-state index contributed by atoms with van der Waals surface area (Å²) in [5, 5.41) is 3.47. The molecule has 1 aromatic heterocycles. The van der Waals surface area contributed by atoms with Gasteiger partial charge in [0.25, 0.3) is 0 Å². The number of hydrogen-bond acceptors (Lipinski definition) is 5. The maximum Gasteiger partial charge on any atom is 0.411 e. The van der Waals surface area contributed by atoms with E-state index in [1.54, 1.807) is 0 Å². The van der Waals surface area contributed by atoms with Gasteiger partial charge in [-0.25, -0.2) is 4.98 Å². The summed E-state index contributed by atoms with van der Waals surface area (Å²) in [6.07, 6.45) is -4.28. The maximum atomic E-state index is 11.8. The Hall–Kier alpha value is -0.890. The van der Waals surface area contributed by atoms with Crippen LogP contribution in [0.15, 0.2) is 0 Å². The van der Waals surface area contributed by atoms with Crippen LogP contribution in [0.25, 0.3) is 0 Å². The molecular weight excluding hydrogens is 267 g/mol. The van der Waals surface area contributed by atoms with Crippen LogP contribution in [0.4, 0.5) is 18.3 Å². The lowest BCUT2D eigenvalue weighted by Crippen LogP contribution is -2.20. The highest BCUT2D eigenvalue weighted by Gasteiger charge is 2.27. The molecule has 1 rings (SSSR count). The normalized spacial score (nSPS) is 12.8. The summed E-state index contributed by atoms with van der Waals surface area (Å²) in [5.74, 6) is 0.714. The first kappa shape index (κ1) is 15.2. The highest BCUT2D eigenvalue weighted by molar-refractivity contribution is 7.09. The van der Waals surface area contributed by atoms with Crippen molar-refractivity contribution in [1.82, 2.24) is 9.36 Å². The van der Waals surface area contributed by atoms with E-state index < -0.39 is 12.8 Å². The van der Waals surface area contributed by atoms with Crippen molar-refractivity contribution in [1.29, 1.82) is 0 Å². The van der Waals surface area contributed by atoms with E-state index >= 15 is 0 Å². The summed E-state index contributed by atoms with van der Waals surface area (Å²) >= 11 is 1.19. The van der Waals surface area contributed by atoms with Crippen LogP contribution in [-0.4, -0.2) is 35.3 Å². The number of ether oxygens (including phenoxy) is 1. The van der Waals surface area contributed by atoms with Crippen molar-refractivity contribution < 1.29 is 17.9 Å². The van der Waals surface area contributed by atoms with Crippen molar-refractivity contribution in [2.45, 2.75) is 32.4 Å². The first-order chi connectivity index (χ1) is 8.18. The average molecular weight is 283 g/mol. The summed E-state index contributed by atoms with van der Waals surface area (Å²) < 4.78 is 44.0. The molecule has 104 valence electrons. The molecule has 0 spiro atoms. The lowest BCUT2D eigenvalue weighted by molar-refractivity contribution is -0.172. The Kier molecular flexibility index (Phi) is 4.92. The molecule has 1 heterocycles. The number of nitrogens with one attached hydrogen (secondary N) is 1. The third-order valence-electron chi connectivity index (χ3n) is 1.89. The number of anilines is 1. The fraction of sp³-hybridized carbons (Fsp3) is 0.800. The maximum absolute atomic E-state index is 11.8. The molecule has 0 saturated heterocycles. The van der Waals surface area contributed by atoms with Gasteiger partial charge in [0, 0.05) is 23.5 Å². The molecule has 0 amide bonds. The molecule has 0 atom stereocenters. The number of rotatable bonds is 5. The number of alkyl halides is 3. The molecule has 0 unspecified atom stereocenters. The smallest absolute Gasteiger partial charge is 0.370 e. The van der Waals surface area contributed by atoms with Gasteiger partial charge in [-0.2, -0.15) is 17.5 Å². The number of nitrogens with zero attached hydrogens (tertiary/aromatic N) is 2. The number of halogens is 3. The quantitative estimate of drug-likeness (QED) is 0.844. The molecule has 1 N–H and O–H groups in total. The molecular formula is C10H16F3N3OS. The van der Waals surface area contributed by atoms with Crippen molar-refractivity contribution >= 4 is 16.7 Å². The van der Waals surface area contributed by atoms with Crippen LogP contribution in [0.3, 0.4) is 0 Å². The van der Waals surface area contributed by atoms with Gasteiger partial charge in [-0.3, -0.25) is 0 Å². The summed E-state index contributed by atoms with van der Waals surface area (Å²) in [6, 6.07) is 0. The van der Waals surface area contributed by atoms with Gasteiger partial charge in [-0.15, -0.1) is 0 Å². The Labute approximate surface area is 108 Å². The van der Waals surface area contributed by atoms with E-state index in [9.17, 15) is 13.2 Å². The van der Waals surface area contributed by atoms with Gasteiger partial charge in [0.1, 0.15) is 12.4 Å². The van der Waals surface area contributed by atoms with Gasteiger partial charge < -0.3 is 10.1 Å². The zero-order valence-corrected chi connectivity index (χ0v) is 11.3. The Morgan fingerprint density at radius 3 is 2.44 bits per heavy atom. The second kappa shape index (κ2) is 5.83. The first-order valence-corrected chi connectivity index (χ1v) is 6.18. The van der Waals surface area contributed by atoms with Crippen molar-refractivity contribution in [2.75, 3.05) is 25.1 Å².